The van der Waals surface area contributed by atoms with Gasteiger partial charge < -0.3 is 10.6 Å². The molecule has 1 amide bonds. The molecule has 1 aliphatic rings. The van der Waals surface area contributed by atoms with Gasteiger partial charge in [-0.05, 0) is 36.6 Å². The van der Waals surface area contributed by atoms with E-state index in [-0.39, 0.29) is 18.1 Å². The topological polar surface area (TPSA) is 77.2 Å². The van der Waals surface area contributed by atoms with E-state index in [9.17, 15) is 4.79 Å². The summed E-state index contributed by atoms with van der Waals surface area (Å²) in [7, 11) is 0. The first kappa shape index (κ1) is 17.4. The Labute approximate surface area is 148 Å². The summed E-state index contributed by atoms with van der Waals surface area (Å²) in [5.74, 6) is -0.0727. The van der Waals surface area contributed by atoms with Gasteiger partial charge in [0.2, 0.25) is 5.91 Å². The SMILES string of the molecule is CCc1ccc(NC2NNNC2C(=O)NC(C)c2ccccc2)cc1. The number of anilines is 1. The van der Waals surface area contributed by atoms with E-state index >= 15 is 0 Å². The van der Waals surface area contributed by atoms with Gasteiger partial charge in [-0.3, -0.25) is 4.79 Å². The van der Waals surface area contributed by atoms with E-state index in [2.05, 4.69) is 46.1 Å². The van der Waals surface area contributed by atoms with Gasteiger partial charge in [0.15, 0.2) is 0 Å². The van der Waals surface area contributed by atoms with Gasteiger partial charge in [-0.1, -0.05) is 49.4 Å². The van der Waals surface area contributed by atoms with Crippen LogP contribution in [0.3, 0.4) is 0 Å². The lowest BCUT2D eigenvalue weighted by Crippen LogP contribution is -2.50. The van der Waals surface area contributed by atoms with E-state index in [1.54, 1.807) is 0 Å². The van der Waals surface area contributed by atoms with Gasteiger partial charge in [-0.25, -0.2) is 10.9 Å². The molecule has 2 aromatic carbocycles. The summed E-state index contributed by atoms with van der Waals surface area (Å²) in [5.41, 5.74) is 12.2. The number of aryl methyl sites for hydroxylation is 1. The lowest BCUT2D eigenvalue weighted by molar-refractivity contribution is -0.123. The molecule has 0 spiro atoms. The molecule has 3 rings (SSSR count). The van der Waals surface area contributed by atoms with E-state index < -0.39 is 6.04 Å². The molecule has 5 N–H and O–H groups in total. The molecule has 25 heavy (non-hydrogen) atoms. The molecule has 0 aliphatic carbocycles. The molecule has 1 heterocycles. The van der Waals surface area contributed by atoms with Gasteiger partial charge >= 0.3 is 0 Å². The summed E-state index contributed by atoms with van der Waals surface area (Å²) in [6.07, 6.45) is 0.753. The largest absolute Gasteiger partial charge is 0.367 e. The molecule has 6 nitrogen and oxygen atoms in total. The molecule has 132 valence electrons. The average molecular weight is 339 g/mol. The monoisotopic (exact) mass is 339 g/mol. The highest BCUT2D eigenvalue weighted by Crippen LogP contribution is 2.14. The maximum Gasteiger partial charge on any atom is 0.242 e. The molecular formula is C19H25N5O. The van der Waals surface area contributed by atoms with Crippen molar-refractivity contribution in [2.75, 3.05) is 5.32 Å². The molecule has 6 heteroatoms. The molecule has 2 aromatic rings. The first-order valence-electron chi connectivity index (χ1n) is 8.64. The van der Waals surface area contributed by atoms with Crippen LogP contribution in [0.15, 0.2) is 54.6 Å². The zero-order valence-electron chi connectivity index (χ0n) is 14.5. The zero-order chi connectivity index (χ0) is 17.6. The van der Waals surface area contributed by atoms with Gasteiger partial charge in [0.25, 0.3) is 0 Å². The molecule has 1 saturated heterocycles. The fourth-order valence-electron chi connectivity index (χ4n) is 2.84. The summed E-state index contributed by atoms with van der Waals surface area (Å²) in [4.78, 5) is 12.6. The first-order chi connectivity index (χ1) is 12.2. The second-order valence-corrected chi connectivity index (χ2v) is 6.20. The lowest BCUT2D eigenvalue weighted by atomic mass is 10.1. The van der Waals surface area contributed by atoms with Crippen LogP contribution in [-0.2, 0) is 11.2 Å². The minimum atomic E-state index is -0.433. The third-order valence-corrected chi connectivity index (χ3v) is 4.41. The number of hydrazine groups is 2. The van der Waals surface area contributed by atoms with Gasteiger partial charge in [-0.15, -0.1) is 0 Å². The number of carbonyl (C=O) groups is 1. The first-order valence-corrected chi connectivity index (χ1v) is 8.64. The maximum atomic E-state index is 12.6. The molecule has 0 bridgehead atoms. The van der Waals surface area contributed by atoms with E-state index in [1.807, 2.05) is 49.4 Å². The summed E-state index contributed by atoms with van der Waals surface area (Å²) < 4.78 is 0. The third-order valence-electron chi connectivity index (χ3n) is 4.41. The van der Waals surface area contributed by atoms with E-state index in [0.29, 0.717) is 0 Å². The smallest absolute Gasteiger partial charge is 0.242 e. The number of hydrogen-bond acceptors (Lipinski definition) is 5. The Kier molecular flexibility index (Phi) is 5.65. The number of benzene rings is 2. The van der Waals surface area contributed by atoms with Gasteiger partial charge in [0, 0.05) is 5.69 Å². The number of carbonyl (C=O) groups excluding carboxylic acids is 1. The molecule has 1 fully saturated rings. The van der Waals surface area contributed by atoms with E-state index in [4.69, 9.17) is 0 Å². The van der Waals surface area contributed by atoms with Crippen LogP contribution in [0.1, 0.15) is 31.0 Å². The number of rotatable bonds is 6. The fraction of sp³-hybridized carbons (Fsp3) is 0.316. The summed E-state index contributed by atoms with van der Waals surface area (Å²) in [5, 5.41) is 6.39. The Balaban J connectivity index is 1.61. The van der Waals surface area contributed by atoms with Crippen LogP contribution >= 0.6 is 0 Å². The van der Waals surface area contributed by atoms with Gasteiger partial charge in [0.05, 0.1) is 6.04 Å². The predicted molar refractivity (Wildman–Crippen MR) is 99.4 cm³/mol. The van der Waals surface area contributed by atoms with Crippen LogP contribution in [0.5, 0.6) is 0 Å². The third kappa shape index (κ3) is 4.36. The van der Waals surface area contributed by atoms with Crippen LogP contribution in [0.4, 0.5) is 5.69 Å². The minimum absolute atomic E-state index is 0.0550. The number of nitrogens with one attached hydrogen (secondary N) is 5. The van der Waals surface area contributed by atoms with Crippen molar-refractivity contribution in [3.05, 3.63) is 65.7 Å². The van der Waals surface area contributed by atoms with Crippen molar-refractivity contribution in [2.45, 2.75) is 38.5 Å². The molecule has 0 saturated carbocycles. The van der Waals surface area contributed by atoms with Crippen LogP contribution in [-0.4, -0.2) is 18.1 Å². The quantitative estimate of drug-likeness (QED) is 0.555. The Bertz CT molecular complexity index is 689. The van der Waals surface area contributed by atoms with Crippen molar-refractivity contribution in [2.24, 2.45) is 0 Å². The van der Waals surface area contributed by atoms with Crippen LogP contribution < -0.4 is 27.0 Å². The molecule has 3 unspecified atom stereocenters. The number of hydrogen-bond donors (Lipinski definition) is 5. The second kappa shape index (κ2) is 8.11. The Morgan fingerprint density at radius 1 is 1.08 bits per heavy atom. The average Bonchev–Trinajstić information content (AvgIpc) is 3.11. The molecular weight excluding hydrogens is 314 g/mol. The van der Waals surface area contributed by atoms with E-state index in [0.717, 1.165) is 17.7 Å². The van der Waals surface area contributed by atoms with Crippen LogP contribution in [0, 0.1) is 0 Å². The highest BCUT2D eigenvalue weighted by atomic mass is 16.2. The molecule has 0 aromatic heterocycles. The summed E-state index contributed by atoms with van der Waals surface area (Å²) in [6.45, 7) is 4.11. The van der Waals surface area contributed by atoms with Crippen molar-refractivity contribution in [1.29, 1.82) is 0 Å². The predicted octanol–water partition coefficient (Wildman–Crippen LogP) is 1.85. The van der Waals surface area contributed by atoms with Crippen LogP contribution in [0.25, 0.3) is 0 Å². The van der Waals surface area contributed by atoms with E-state index in [1.165, 1.54) is 5.56 Å². The van der Waals surface area contributed by atoms with Crippen molar-refractivity contribution in [3.8, 4) is 0 Å². The zero-order valence-corrected chi connectivity index (χ0v) is 14.5. The fourth-order valence-corrected chi connectivity index (χ4v) is 2.84. The summed E-state index contributed by atoms with van der Waals surface area (Å²) in [6, 6.07) is 17.7. The maximum absolute atomic E-state index is 12.6. The van der Waals surface area contributed by atoms with Crippen LogP contribution in [0.2, 0.25) is 0 Å². The van der Waals surface area contributed by atoms with Gasteiger partial charge in [-0.2, -0.15) is 5.53 Å². The van der Waals surface area contributed by atoms with Crippen molar-refractivity contribution in [1.82, 2.24) is 21.7 Å². The van der Waals surface area contributed by atoms with Gasteiger partial charge in [0.1, 0.15) is 12.2 Å². The van der Waals surface area contributed by atoms with Crippen molar-refractivity contribution in [3.63, 3.8) is 0 Å². The summed E-state index contributed by atoms with van der Waals surface area (Å²) >= 11 is 0. The molecule has 3 atom stereocenters. The Morgan fingerprint density at radius 3 is 2.48 bits per heavy atom. The second-order valence-electron chi connectivity index (χ2n) is 6.20. The minimum Gasteiger partial charge on any atom is -0.367 e. The normalized spacial score (nSPS) is 20.9. The highest BCUT2D eigenvalue weighted by molar-refractivity contribution is 5.83. The Morgan fingerprint density at radius 2 is 1.80 bits per heavy atom. The molecule has 1 aliphatic heterocycles. The highest BCUT2D eigenvalue weighted by Gasteiger charge is 2.33. The van der Waals surface area contributed by atoms with Crippen molar-refractivity contribution < 1.29 is 4.79 Å². The Hall–Kier alpha value is -2.41. The molecule has 0 radical (unpaired) electrons. The standard InChI is InChI=1S/C19H25N5O/c1-3-14-9-11-16(12-10-14)21-18-17(22-24-23-18)19(25)20-13(2)15-7-5-4-6-8-15/h4-13,17-18,21-24H,3H2,1-2H3,(H,20,25). The van der Waals surface area contributed by atoms with Crippen molar-refractivity contribution >= 4 is 11.6 Å². The number of amides is 1. The lowest BCUT2D eigenvalue weighted by Gasteiger charge is -2.22.